The molecule has 1 fully saturated rings. The maximum absolute atomic E-state index is 12.7. The number of nitrogens with one attached hydrogen (secondary N) is 1. The summed E-state index contributed by atoms with van der Waals surface area (Å²) in [6.45, 7) is 2.30. The molecule has 0 saturated carbocycles. The molecule has 0 bridgehead atoms. The van der Waals surface area contributed by atoms with Gasteiger partial charge in [0.1, 0.15) is 5.02 Å². The number of hydrogen-bond acceptors (Lipinski definition) is 4. The number of rotatable bonds is 4. The third kappa shape index (κ3) is 3.45. The Balaban J connectivity index is 1.59. The standard InChI is InChI=1S/C20H20ClN3O2/c21-19-18(22-11-14-4-3-9-26-13-14)12-23-24(20(19)25)17-8-7-15-5-1-2-6-16(15)10-17/h1-2,5-8,10,12,14,22H,3-4,9,11,13H2. The molecule has 5 nitrogen and oxygen atoms in total. The van der Waals surface area contributed by atoms with Crippen molar-refractivity contribution in [2.75, 3.05) is 25.1 Å². The molecular weight excluding hydrogens is 350 g/mol. The van der Waals surface area contributed by atoms with Crippen LogP contribution in [0.1, 0.15) is 12.8 Å². The second-order valence-corrected chi connectivity index (χ2v) is 6.96. The third-order valence-electron chi connectivity index (χ3n) is 4.73. The quantitative estimate of drug-likeness (QED) is 0.758. The van der Waals surface area contributed by atoms with Crippen molar-refractivity contribution in [3.8, 4) is 5.69 Å². The molecule has 6 heteroatoms. The van der Waals surface area contributed by atoms with Gasteiger partial charge in [0.2, 0.25) is 0 Å². The highest BCUT2D eigenvalue weighted by molar-refractivity contribution is 6.32. The van der Waals surface area contributed by atoms with Gasteiger partial charge in [0, 0.05) is 13.2 Å². The van der Waals surface area contributed by atoms with E-state index in [1.807, 2.05) is 42.5 Å². The van der Waals surface area contributed by atoms with Crippen LogP contribution >= 0.6 is 11.6 Å². The molecular formula is C20H20ClN3O2. The van der Waals surface area contributed by atoms with Crippen molar-refractivity contribution in [1.82, 2.24) is 9.78 Å². The van der Waals surface area contributed by atoms with Crippen LogP contribution in [0.2, 0.25) is 5.02 Å². The number of ether oxygens (including phenoxy) is 1. The number of hydrogen-bond donors (Lipinski definition) is 1. The van der Waals surface area contributed by atoms with E-state index in [9.17, 15) is 4.79 Å². The van der Waals surface area contributed by atoms with E-state index in [0.717, 1.165) is 43.4 Å². The lowest BCUT2D eigenvalue weighted by Gasteiger charge is -2.22. The van der Waals surface area contributed by atoms with Gasteiger partial charge >= 0.3 is 0 Å². The largest absolute Gasteiger partial charge is 0.382 e. The van der Waals surface area contributed by atoms with Crippen LogP contribution in [0.5, 0.6) is 0 Å². The highest BCUT2D eigenvalue weighted by atomic mass is 35.5. The average molecular weight is 370 g/mol. The van der Waals surface area contributed by atoms with Crippen molar-refractivity contribution in [1.29, 1.82) is 0 Å². The highest BCUT2D eigenvalue weighted by Crippen LogP contribution is 2.21. The molecule has 1 aliphatic rings. The maximum Gasteiger partial charge on any atom is 0.292 e. The summed E-state index contributed by atoms with van der Waals surface area (Å²) in [4.78, 5) is 12.7. The van der Waals surface area contributed by atoms with Gasteiger partial charge in [-0.3, -0.25) is 4.79 Å². The summed E-state index contributed by atoms with van der Waals surface area (Å²) in [5, 5.41) is 9.87. The Morgan fingerprint density at radius 1 is 1.23 bits per heavy atom. The average Bonchev–Trinajstić information content (AvgIpc) is 2.69. The molecule has 0 amide bonds. The van der Waals surface area contributed by atoms with Crippen LogP contribution in [-0.2, 0) is 4.74 Å². The maximum atomic E-state index is 12.7. The predicted molar refractivity (Wildman–Crippen MR) is 104 cm³/mol. The molecule has 26 heavy (non-hydrogen) atoms. The topological polar surface area (TPSA) is 56.1 Å². The van der Waals surface area contributed by atoms with E-state index in [1.54, 1.807) is 6.20 Å². The number of aromatic nitrogens is 2. The lowest BCUT2D eigenvalue weighted by molar-refractivity contribution is 0.0595. The molecule has 1 unspecified atom stereocenters. The van der Waals surface area contributed by atoms with Crippen LogP contribution in [0.3, 0.4) is 0 Å². The summed E-state index contributed by atoms with van der Waals surface area (Å²) in [7, 11) is 0. The van der Waals surface area contributed by atoms with Gasteiger partial charge in [0.15, 0.2) is 0 Å². The predicted octanol–water partition coefficient (Wildman–Crippen LogP) is 3.88. The fraction of sp³-hybridized carbons (Fsp3) is 0.300. The molecule has 2 heterocycles. The smallest absolute Gasteiger partial charge is 0.292 e. The van der Waals surface area contributed by atoms with Crippen LogP contribution in [0, 0.1) is 5.92 Å². The lowest BCUT2D eigenvalue weighted by atomic mass is 10.0. The zero-order valence-electron chi connectivity index (χ0n) is 14.3. The summed E-state index contributed by atoms with van der Waals surface area (Å²) < 4.78 is 6.82. The second-order valence-electron chi connectivity index (χ2n) is 6.58. The fourth-order valence-corrected chi connectivity index (χ4v) is 3.47. The Morgan fingerprint density at radius 2 is 2.08 bits per heavy atom. The highest BCUT2D eigenvalue weighted by Gasteiger charge is 2.16. The van der Waals surface area contributed by atoms with Gasteiger partial charge in [-0.15, -0.1) is 0 Å². The van der Waals surface area contributed by atoms with Gasteiger partial charge in [0.05, 0.1) is 24.2 Å². The van der Waals surface area contributed by atoms with E-state index < -0.39 is 0 Å². The molecule has 0 radical (unpaired) electrons. The van der Waals surface area contributed by atoms with Gasteiger partial charge < -0.3 is 10.1 Å². The van der Waals surface area contributed by atoms with Crippen LogP contribution < -0.4 is 10.9 Å². The summed E-state index contributed by atoms with van der Waals surface area (Å²) in [6, 6.07) is 13.8. The molecule has 1 aromatic heterocycles. The molecule has 1 N–H and O–H groups in total. The van der Waals surface area contributed by atoms with Crippen molar-refractivity contribution >= 4 is 28.1 Å². The normalized spacial score (nSPS) is 17.3. The van der Waals surface area contributed by atoms with E-state index in [1.165, 1.54) is 4.68 Å². The molecule has 2 aromatic carbocycles. The first kappa shape index (κ1) is 17.1. The van der Waals surface area contributed by atoms with E-state index in [2.05, 4.69) is 10.4 Å². The third-order valence-corrected chi connectivity index (χ3v) is 5.10. The van der Waals surface area contributed by atoms with E-state index in [4.69, 9.17) is 16.3 Å². The number of anilines is 1. The lowest BCUT2D eigenvalue weighted by Crippen LogP contribution is -2.26. The first-order valence-corrected chi connectivity index (χ1v) is 9.19. The van der Waals surface area contributed by atoms with E-state index in [0.29, 0.717) is 17.3 Å². The van der Waals surface area contributed by atoms with Gasteiger partial charge in [-0.1, -0.05) is 41.9 Å². The molecule has 134 valence electrons. The van der Waals surface area contributed by atoms with Crippen molar-refractivity contribution < 1.29 is 4.74 Å². The first-order chi connectivity index (χ1) is 12.7. The van der Waals surface area contributed by atoms with Gasteiger partial charge in [-0.05, 0) is 41.7 Å². The van der Waals surface area contributed by atoms with Gasteiger partial charge in [0.25, 0.3) is 5.56 Å². The fourth-order valence-electron chi connectivity index (χ4n) is 3.27. The van der Waals surface area contributed by atoms with E-state index in [-0.39, 0.29) is 10.6 Å². The number of fused-ring (bicyclic) bond motifs is 1. The van der Waals surface area contributed by atoms with Crippen molar-refractivity contribution in [2.24, 2.45) is 5.92 Å². The van der Waals surface area contributed by atoms with Crippen LogP contribution in [0.15, 0.2) is 53.5 Å². The first-order valence-electron chi connectivity index (χ1n) is 8.81. The Bertz CT molecular complexity index is 980. The molecule has 0 aliphatic carbocycles. The van der Waals surface area contributed by atoms with Crippen LogP contribution in [0.4, 0.5) is 5.69 Å². The number of benzene rings is 2. The Labute approximate surface area is 156 Å². The number of nitrogens with zero attached hydrogens (tertiary/aromatic N) is 2. The van der Waals surface area contributed by atoms with E-state index >= 15 is 0 Å². The summed E-state index contributed by atoms with van der Waals surface area (Å²) >= 11 is 6.32. The minimum Gasteiger partial charge on any atom is -0.382 e. The SMILES string of the molecule is O=c1c(Cl)c(NCC2CCCOC2)cnn1-c1ccc2ccccc2c1. The molecule has 1 atom stereocenters. The second kappa shape index (κ2) is 7.48. The van der Waals surface area contributed by atoms with Crippen molar-refractivity contribution in [3.05, 3.63) is 64.0 Å². The van der Waals surface area contributed by atoms with Gasteiger partial charge in [-0.2, -0.15) is 9.78 Å². The summed E-state index contributed by atoms with van der Waals surface area (Å²) in [6.07, 6.45) is 3.80. The Hall–Kier alpha value is -2.37. The number of halogens is 1. The van der Waals surface area contributed by atoms with Gasteiger partial charge in [-0.25, -0.2) is 0 Å². The van der Waals surface area contributed by atoms with Crippen molar-refractivity contribution in [3.63, 3.8) is 0 Å². The molecule has 0 spiro atoms. The molecule has 3 aromatic rings. The minimum absolute atomic E-state index is 0.157. The zero-order valence-corrected chi connectivity index (χ0v) is 15.1. The summed E-state index contributed by atoms with van der Waals surface area (Å²) in [5.41, 5.74) is 0.939. The Kier molecular flexibility index (Phi) is 4.91. The van der Waals surface area contributed by atoms with Crippen LogP contribution in [0.25, 0.3) is 16.5 Å². The van der Waals surface area contributed by atoms with Crippen LogP contribution in [-0.4, -0.2) is 29.5 Å². The molecule has 1 aliphatic heterocycles. The monoisotopic (exact) mass is 369 g/mol. The summed E-state index contributed by atoms with van der Waals surface area (Å²) in [5.74, 6) is 0.433. The minimum atomic E-state index is -0.327. The zero-order chi connectivity index (χ0) is 17.9. The molecule has 1 saturated heterocycles. The Morgan fingerprint density at radius 3 is 2.88 bits per heavy atom. The van der Waals surface area contributed by atoms with Crippen molar-refractivity contribution in [2.45, 2.75) is 12.8 Å². The molecule has 4 rings (SSSR count).